The van der Waals surface area contributed by atoms with Crippen molar-refractivity contribution in [3.63, 3.8) is 0 Å². The fraction of sp³-hybridized carbons (Fsp3) is 0.438. The number of hydrogen-bond acceptors (Lipinski definition) is 5. The van der Waals surface area contributed by atoms with Crippen LogP contribution in [0.3, 0.4) is 0 Å². The minimum absolute atomic E-state index is 0.625. The van der Waals surface area contributed by atoms with Gasteiger partial charge in [0.15, 0.2) is 0 Å². The topological polar surface area (TPSA) is 62.7 Å². The van der Waals surface area contributed by atoms with E-state index in [4.69, 9.17) is 0 Å². The monoisotopic (exact) mass is 285 g/mol. The Balaban J connectivity index is 1.91. The van der Waals surface area contributed by atoms with Gasteiger partial charge >= 0.3 is 0 Å². The van der Waals surface area contributed by atoms with Crippen LogP contribution in [0.2, 0.25) is 0 Å². The summed E-state index contributed by atoms with van der Waals surface area (Å²) in [5.74, 6) is 1.51. The zero-order chi connectivity index (χ0) is 14.9. The van der Waals surface area contributed by atoms with Crippen molar-refractivity contribution in [1.29, 1.82) is 0 Å². The molecule has 0 spiro atoms. The fourth-order valence-electron chi connectivity index (χ4n) is 2.00. The van der Waals surface area contributed by atoms with Crippen molar-refractivity contribution in [2.45, 2.75) is 39.7 Å². The van der Waals surface area contributed by atoms with E-state index in [1.54, 1.807) is 6.20 Å². The summed E-state index contributed by atoms with van der Waals surface area (Å²) in [4.78, 5) is 13.2. The Kier molecular flexibility index (Phi) is 5.94. The van der Waals surface area contributed by atoms with Crippen molar-refractivity contribution in [2.24, 2.45) is 0 Å². The zero-order valence-corrected chi connectivity index (χ0v) is 12.8. The van der Waals surface area contributed by atoms with Crippen molar-refractivity contribution < 1.29 is 0 Å². The molecule has 0 aliphatic heterocycles. The summed E-state index contributed by atoms with van der Waals surface area (Å²) >= 11 is 0. The van der Waals surface area contributed by atoms with Crippen molar-refractivity contribution in [1.82, 2.24) is 15.0 Å². The molecule has 0 aliphatic carbocycles. The molecular weight excluding hydrogens is 262 g/mol. The Morgan fingerprint density at radius 2 is 2.00 bits per heavy atom. The van der Waals surface area contributed by atoms with E-state index in [0.717, 1.165) is 30.2 Å². The average molecular weight is 285 g/mol. The molecule has 21 heavy (non-hydrogen) atoms. The highest BCUT2D eigenvalue weighted by Crippen LogP contribution is 2.10. The Labute approximate surface area is 126 Å². The van der Waals surface area contributed by atoms with Crippen LogP contribution >= 0.6 is 0 Å². The van der Waals surface area contributed by atoms with Crippen LogP contribution in [0, 0.1) is 6.92 Å². The molecule has 5 heteroatoms. The summed E-state index contributed by atoms with van der Waals surface area (Å²) in [6.07, 6.45) is 5.41. The van der Waals surface area contributed by atoms with Gasteiger partial charge in [0.2, 0.25) is 5.95 Å². The molecule has 2 rings (SSSR count). The molecule has 0 saturated heterocycles. The number of anilines is 2. The number of nitrogens with one attached hydrogen (secondary N) is 2. The number of rotatable bonds is 8. The van der Waals surface area contributed by atoms with Crippen LogP contribution in [0.4, 0.5) is 11.8 Å². The number of aryl methyl sites for hydroxylation is 1. The van der Waals surface area contributed by atoms with E-state index in [2.05, 4.69) is 32.5 Å². The van der Waals surface area contributed by atoms with Crippen LogP contribution < -0.4 is 10.6 Å². The second-order valence-corrected chi connectivity index (χ2v) is 5.03. The Morgan fingerprint density at radius 3 is 2.76 bits per heavy atom. The van der Waals surface area contributed by atoms with E-state index < -0.39 is 0 Å². The van der Waals surface area contributed by atoms with Crippen LogP contribution in [0.1, 0.15) is 37.6 Å². The highest BCUT2D eigenvalue weighted by molar-refractivity contribution is 5.42. The smallest absolute Gasteiger partial charge is 0.225 e. The summed E-state index contributed by atoms with van der Waals surface area (Å²) in [7, 11) is 0. The van der Waals surface area contributed by atoms with Crippen molar-refractivity contribution in [3.8, 4) is 0 Å². The fourth-order valence-corrected chi connectivity index (χ4v) is 2.00. The van der Waals surface area contributed by atoms with Crippen molar-refractivity contribution in [2.75, 3.05) is 17.2 Å². The first-order chi connectivity index (χ1) is 10.3. The van der Waals surface area contributed by atoms with Crippen LogP contribution in [0.15, 0.2) is 30.5 Å². The average Bonchev–Trinajstić information content (AvgIpc) is 2.50. The Hall–Kier alpha value is -2.17. The lowest BCUT2D eigenvalue weighted by atomic mass is 10.2. The lowest BCUT2D eigenvalue weighted by Crippen LogP contribution is -2.09. The van der Waals surface area contributed by atoms with E-state index in [0.29, 0.717) is 12.5 Å². The molecule has 0 atom stereocenters. The zero-order valence-electron chi connectivity index (χ0n) is 12.8. The third kappa shape index (κ3) is 5.38. The van der Waals surface area contributed by atoms with E-state index in [1.165, 1.54) is 12.8 Å². The van der Waals surface area contributed by atoms with Crippen LogP contribution in [-0.4, -0.2) is 21.5 Å². The molecule has 2 aromatic rings. The standard InChI is InChI=1S/C16H23N5/c1-3-4-6-10-18-15-11-13(2)20-16(21-15)19-12-14-8-5-7-9-17-14/h5,7-9,11H,3-4,6,10,12H2,1-2H3,(H2,18,19,20,21). The van der Waals surface area contributed by atoms with Crippen molar-refractivity contribution >= 4 is 11.8 Å². The predicted molar refractivity (Wildman–Crippen MR) is 86.3 cm³/mol. The third-order valence-corrected chi connectivity index (χ3v) is 3.09. The third-order valence-electron chi connectivity index (χ3n) is 3.09. The van der Waals surface area contributed by atoms with Gasteiger partial charge in [-0.25, -0.2) is 4.98 Å². The van der Waals surface area contributed by atoms with E-state index in [9.17, 15) is 0 Å². The van der Waals surface area contributed by atoms with Gasteiger partial charge in [-0.3, -0.25) is 4.98 Å². The van der Waals surface area contributed by atoms with Crippen molar-refractivity contribution in [3.05, 3.63) is 41.9 Å². The normalized spacial score (nSPS) is 10.4. The first kappa shape index (κ1) is 15.2. The molecule has 112 valence electrons. The first-order valence-electron chi connectivity index (χ1n) is 7.51. The number of pyridine rings is 1. The number of aromatic nitrogens is 3. The lowest BCUT2D eigenvalue weighted by molar-refractivity contribution is 0.742. The van der Waals surface area contributed by atoms with Gasteiger partial charge in [0.1, 0.15) is 5.82 Å². The maximum atomic E-state index is 4.49. The molecule has 0 aliphatic rings. The number of hydrogen-bond donors (Lipinski definition) is 2. The second-order valence-electron chi connectivity index (χ2n) is 5.03. The molecule has 2 heterocycles. The van der Waals surface area contributed by atoms with Gasteiger partial charge in [0.25, 0.3) is 0 Å². The summed E-state index contributed by atoms with van der Waals surface area (Å²) in [6.45, 7) is 5.75. The summed E-state index contributed by atoms with van der Waals surface area (Å²) in [5, 5.41) is 6.57. The molecule has 0 radical (unpaired) electrons. The molecule has 2 aromatic heterocycles. The SMILES string of the molecule is CCCCCNc1cc(C)nc(NCc2ccccn2)n1. The van der Waals surface area contributed by atoms with Gasteiger partial charge in [-0.15, -0.1) is 0 Å². The molecule has 0 fully saturated rings. The molecule has 0 unspecified atom stereocenters. The van der Waals surface area contributed by atoms with E-state index >= 15 is 0 Å². The van der Waals surface area contributed by atoms with Gasteiger partial charge in [-0.2, -0.15) is 4.98 Å². The lowest BCUT2D eigenvalue weighted by Gasteiger charge is -2.09. The summed E-state index contributed by atoms with van der Waals surface area (Å²) in [6, 6.07) is 7.83. The van der Waals surface area contributed by atoms with Crippen LogP contribution in [0.5, 0.6) is 0 Å². The van der Waals surface area contributed by atoms with Crippen LogP contribution in [0.25, 0.3) is 0 Å². The number of unbranched alkanes of at least 4 members (excludes halogenated alkanes) is 2. The summed E-state index contributed by atoms with van der Waals surface area (Å²) in [5.41, 5.74) is 1.92. The van der Waals surface area contributed by atoms with Gasteiger partial charge in [-0.1, -0.05) is 25.8 Å². The Bertz CT molecular complexity index is 542. The molecule has 5 nitrogen and oxygen atoms in total. The maximum Gasteiger partial charge on any atom is 0.225 e. The predicted octanol–water partition coefficient (Wildman–Crippen LogP) is 3.39. The second kappa shape index (κ2) is 8.19. The largest absolute Gasteiger partial charge is 0.370 e. The first-order valence-corrected chi connectivity index (χ1v) is 7.51. The highest BCUT2D eigenvalue weighted by atomic mass is 15.1. The van der Waals surface area contributed by atoms with E-state index in [1.807, 2.05) is 31.2 Å². The summed E-state index contributed by atoms with van der Waals surface area (Å²) < 4.78 is 0. The molecule has 0 aromatic carbocycles. The minimum atomic E-state index is 0.625. The quantitative estimate of drug-likeness (QED) is 0.728. The van der Waals surface area contributed by atoms with Gasteiger partial charge < -0.3 is 10.6 Å². The molecule has 0 saturated carbocycles. The Morgan fingerprint density at radius 1 is 1.10 bits per heavy atom. The van der Waals surface area contributed by atoms with Crippen LogP contribution in [-0.2, 0) is 6.54 Å². The molecular formula is C16H23N5. The highest BCUT2D eigenvalue weighted by Gasteiger charge is 2.02. The number of nitrogens with zero attached hydrogens (tertiary/aromatic N) is 3. The molecule has 0 bridgehead atoms. The van der Waals surface area contributed by atoms with Gasteiger partial charge in [0.05, 0.1) is 12.2 Å². The molecule has 0 amide bonds. The van der Waals surface area contributed by atoms with Gasteiger partial charge in [0, 0.05) is 24.5 Å². The molecule has 2 N–H and O–H groups in total. The van der Waals surface area contributed by atoms with E-state index in [-0.39, 0.29) is 0 Å². The minimum Gasteiger partial charge on any atom is -0.370 e. The maximum absolute atomic E-state index is 4.49. The van der Waals surface area contributed by atoms with Gasteiger partial charge in [-0.05, 0) is 25.5 Å².